The van der Waals surface area contributed by atoms with Crippen LogP contribution < -0.4 is 0 Å². The lowest BCUT2D eigenvalue weighted by atomic mass is 10.1. The maximum Gasteiger partial charge on any atom is 0.218 e. The Morgan fingerprint density at radius 1 is 0.955 bits per heavy atom. The van der Waals surface area contributed by atoms with Gasteiger partial charge in [-0.3, -0.25) is 4.40 Å². The summed E-state index contributed by atoms with van der Waals surface area (Å²) in [5.41, 5.74) is 2.87. The van der Waals surface area contributed by atoms with Crippen LogP contribution in [0.15, 0.2) is 55.1 Å². The molecule has 0 N–H and O–H groups in total. The van der Waals surface area contributed by atoms with Gasteiger partial charge in [0, 0.05) is 5.56 Å². The van der Waals surface area contributed by atoms with Crippen molar-refractivity contribution in [3.05, 3.63) is 55.1 Å². The number of nitrogens with zero attached hydrogens (tertiary/aromatic N) is 5. The molecule has 0 atom stereocenters. The van der Waals surface area contributed by atoms with Crippen molar-refractivity contribution in [3.8, 4) is 11.3 Å². The monoisotopic (exact) mass is 303 g/mol. The normalized spacial score (nSPS) is 11.6. The first-order valence-electron chi connectivity index (χ1n) is 6.82. The minimum absolute atomic E-state index is 0.831. The molecule has 0 spiro atoms. The zero-order chi connectivity index (χ0) is 14.5. The van der Waals surface area contributed by atoms with Gasteiger partial charge in [-0.2, -0.15) is 0 Å². The lowest BCUT2D eigenvalue weighted by Gasteiger charge is -2.04. The van der Waals surface area contributed by atoms with Gasteiger partial charge < -0.3 is 0 Å². The quantitative estimate of drug-likeness (QED) is 0.475. The first-order chi connectivity index (χ1) is 10.9. The topological polar surface area (TPSA) is 56.0 Å². The van der Waals surface area contributed by atoms with Crippen molar-refractivity contribution < 1.29 is 0 Å². The van der Waals surface area contributed by atoms with Crippen molar-refractivity contribution >= 4 is 37.4 Å². The van der Waals surface area contributed by atoms with E-state index in [-0.39, 0.29) is 0 Å². The first-order valence-corrected chi connectivity index (χ1v) is 7.64. The van der Waals surface area contributed by atoms with Crippen LogP contribution in [0.5, 0.6) is 0 Å². The van der Waals surface area contributed by atoms with E-state index in [1.165, 1.54) is 10.8 Å². The third-order valence-electron chi connectivity index (χ3n) is 3.75. The third kappa shape index (κ3) is 1.58. The maximum absolute atomic E-state index is 4.50. The van der Waals surface area contributed by atoms with Crippen LogP contribution in [0, 0.1) is 0 Å². The van der Waals surface area contributed by atoms with Gasteiger partial charge in [0.2, 0.25) is 4.96 Å². The summed E-state index contributed by atoms with van der Waals surface area (Å²) in [7, 11) is 0. The number of fused-ring (bicyclic) bond motifs is 4. The van der Waals surface area contributed by atoms with Crippen molar-refractivity contribution in [3.63, 3.8) is 0 Å². The molecule has 0 aliphatic rings. The molecule has 0 fully saturated rings. The number of aromatic nitrogens is 5. The Morgan fingerprint density at radius 2 is 1.86 bits per heavy atom. The van der Waals surface area contributed by atoms with Crippen molar-refractivity contribution in [2.75, 3.05) is 0 Å². The molecular weight excluding hydrogens is 294 g/mol. The Balaban J connectivity index is 1.84. The van der Waals surface area contributed by atoms with Gasteiger partial charge in [0.15, 0.2) is 5.65 Å². The second-order valence-corrected chi connectivity index (χ2v) is 6.00. The maximum atomic E-state index is 4.50. The highest BCUT2D eigenvalue weighted by molar-refractivity contribution is 7.24. The van der Waals surface area contributed by atoms with Crippen LogP contribution in [-0.4, -0.2) is 24.6 Å². The predicted molar refractivity (Wildman–Crippen MR) is 86.9 cm³/mol. The molecule has 3 heterocycles. The van der Waals surface area contributed by atoms with Gasteiger partial charge in [-0.15, -0.1) is 10.2 Å². The van der Waals surface area contributed by atoms with Gasteiger partial charge in [-0.25, -0.2) is 9.97 Å². The fraction of sp³-hybridized carbons (Fsp3) is 0. The summed E-state index contributed by atoms with van der Waals surface area (Å²) in [4.78, 5) is 9.70. The molecule has 5 rings (SSSR count). The van der Waals surface area contributed by atoms with Crippen LogP contribution in [0.25, 0.3) is 37.3 Å². The summed E-state index contributed by atoms with van der Waals surface area (Å²) in [5.74, 6) is 0. The van der Waals surface area contributed by atoms with Crippen molar-refractivity contribution in [1.29, 1.82) is 0 Å². The SMILES string of the molecule is c1ccc2cc(-c3ncnc4c3sc3nncn34)ccc2c1. The average molecular weight is 303 g/mol. The van der Waals surface area contributed by atoms with E-state index in [9.17, 15) is 0 Å². The second-order valence-electron chi connectivity index (χ2n) is 5.02. The smallest absolute Gasteiger partial charge is 0.218 e. The molecule has 0 amide bonds. The minimum Gasteiger partial charge on any atom is -0.256 e. The third-order valence-corrected chi connectivity index (χ3v) is 4.79. The fourth-order valence-electron chi connectivity index (χ4n) is 2.70. The molecule has 0 aliphatic carbocycles. The first kappa shape index (κ1) is 11.8. The number of hydrogen-bond acceptors (Lipinski definition) is 5. The predicted octanol–water partition coefficient (Wildman–Crippen LogP) is 3.55. The van der Waals surface area contributed by atoms with E-state index in [0.717, 1.165) is 26.6 Å². The van der Waals surface area contributed by atoms with Crippen LogP contribution in [0.3, 0.4) is 0 Å². The van der Waals surface area contributed by atoms with Gasteiger partial charge >= 0.3 is 0 Å². The van der Waals surface area contributed by atoms with E-state index in [1.807, 2.05) is 16.5 Å². The summed E-state index contributed by atoms with van der Waals surface area (Å²) in [5, 5.41) is 10.4. The number of rotatable bonds is 1. The molecule has 3 aromatic heterocycles. The van der Waals surface area contributed by atoms with Crippen LogP contribution in [0.4, 0.5) is 0 Å². The zero-order valence-corrected chi connectivity index (χ0v) is 12.2. The van der Waals surface area contributed by atoms with E-state index in [1.54, 1.807) is 24.0 Å². The van der Waals surface area contributed by atoms with Crippen molar-refractivity contribution in [1.82, 2.24) is 24.6 Å². The van der Waals surface area contributed by atoms with E-state index < -0.39 is 0 Å². The molecule has 0 saturated heterocycles. The molecule has 0 bridgehead atoms. The van der Waals surface area contributed by atoms with Gasteiger partial charge in [0.05, 0.1) is 5.69 Å². The summed E-state index contributed by atoms with van der Waals surface area (Å²) in [6, 6.07) is 14.7. The molecule has 5 nitrogen and oxygen atoms in total. The molecule has 104 valence electrons. The molecule has 0 radical (unpaired) electrons. The lowest BCUT2D eigenvalue weighted by Crippen LogP contribution is -1.89. The van der Waals surface area contributed by atoms with Crippen molar-refractivity contribution in [2.24, 2.45) is 0 Å². The van der Waals surface area contributed by atoms with E-state index in [0.29, 0.717) is 0 Å². The molecule has 0 saturated carbocycles. The van der Waals surface area contributed by atoms with Gasteiger partial charge in [0.25, 0.3) is 0 Å². The summed E-state index contributed by atoms with van der Waals surface area (Å²) in [6.45, 7) is 0. The molecule has 2 aromatic carbocycles. The lowest BCUT2D eigenvalue weighted by molar-refractivity contribution is 1.10. The average Bonchev–Trinajstić information content (AvgIpc) is 3.15. The highest BCUT2D eigenvalue weighted by Crippen LogP contribution is 2.32. The van der Waals surface area contributed by atoms with E-state index in [2.05, 4.69) is 50.5 Å². The van der Waals surface area contributed by atoms with Gasteiger partial charge in [-0.1, -0.05) is 47.7 Å². The van der Waals surface area contributed by atoms with Gasteiger partial charge in [0.1, 0.15) is 17.4 Å². The minimum atomic E-state index is 0.831. The Labute approximate surface area is 128 Å². The number of benzene rings is 2. The van der Waals surface area contributed by atoms with Crippen LogP contribution >= 0.6 is 11.3 Å². The molecule has 6 heteroatoms. The van der Waals surface area contributed by atoms with Crippen LogP contribution in [0.1, 0.15) is 0 Å². The summed E-state index contributed by atoms with van der Waals surface area (Å²) < 4.78 is 2.93. The van der Waals surface area contributed by atoms with E-state index in [4.69, 9.17) is 0 Å². The molecular formula is C16H9N5S. The molecule has 22 heavy (non-hydrogen) atoms. The van der Waals surface area contributed by atoms with Crippen LogP contribution in [0.2, 0.25) is 0 Å². The number of hydrogen-bond donors (Lipinski definition) is 0. The summed E-state index contributed by atoms with van der Waals surface area (Å²) in [6.07, 6.45) is 3.28. The Kier molecular flexibility index (Phi) is 2.31. The Bertz CT molecular complexity index is 1140. The molecule has 0 aliphatic heterocycles. The zero-order valence-electron chi connectivity index (χ0n) is 11.3. The Hall–Kier alpha value is -2.86. The van der Waals surface area contributed by atoms with Gasteiger partial charge in [-0.05, 0) is 16.8 Å². The summed E-state index contributed by atoms with van der Waals surface area (Å²) >= 11 is 1.56. The van der Waals surface area contributed by atoms with Crippen molar-refractivity contribution in [2.45, 2.75) is 0 Å². The van der Waals surface area contributed by atoms with E-state index >= 15 is 0 Å². The highest BCUT2D eigenvalue weighted by Gasteiger charge is 2.13. The second kappa shape index (κ2) is 4.32. The standard InChI is InChI=1S/C16H9N5S/c1-2-4-11-7-12(6-5-10(11)3-1)13-14-15(18-8-17-13)21-9-19-20-16(21)22-14/h1-9H. The molecule has 0 unspecified atom stereocenters. The number of thiazole rings is 1. The Morgan fingerprint density at radius 3 is 2.82 bits per heavy atom. The van der Waals surface area contributed by atoms with Crippen LogP contribution in [-0.2, 0) is 0 Å². The fourth-order valence-corrected chi connectivity index (χ4v) is 3.71. The highest BCUT2D eigenvalue weighted by atomic mass is 32.1. The molecule has 5 aromatic rings. The largest absolute Gasteiger partial charge is 0.256 e.